The van der Waals surface area contributed by atoms with E-state index in [4.69, 9.17) is 4.74 Å². The molecule has 98 valence electrons. The number of nitrogens with one attached hydrogen (secondary N) is 2. The summed E-state index contributed by atoms with van der Waals surface area (Å²) in [5.41, 5.74) is 2.74. The summed E-state index contributed by atoms with van der Waals surface area (Å²) in [4.78, 5) is 0. The lowest BCUT2D eigenvalue weighted by atomic mass is 10.0. The summed E-state index contributed by atoms with van der Waals surface area (Å²) in [6.07, 6.45) is 5.08. The summed E-state index contributed by atoms with van der Waals surface area (Å²) in [7, 11) is 0. The van der Waals surface area contributed by atoms with Gasteiger partial charge in [-0.25, -0.2) is 0 Å². The van der Waals surface area contributed by atoms with Gasteiger partial charge < -0.3 is 15.4 Å². The maximum Gasteiger partial charge on any atom is 0.122 e. The first-order valence-corrected chi connectivity index (χ1v) is 7.10. The lowest BCUT2D eigenvalue weighted by Crippen LogP contribution is -2.41. The largest absolute Gasteiger partial charge is 0.493 e. The predicted molar refractivity (Wildman–Crippen MR) is 73.0 cm³/mol. The topological polar surface area (TPSA) is 33.3 Å². The Labute approximate surface area is 109 Å². The standard InChI is InChI=1S/C15H22N2O/c1-2-7-17-14(3-1)11-16-10-12-4-5-15-13(9-12)6-8-18-15/h4-5,9,14,16-17H,1-3,6-8,10-11H2. The molecule has 3 heteroatoms. The van der Waals surface area contributed by atoms with Crippen molar-refractivity contribution >= 4 is 0 Å². The number of ether oxygens (including phenoxy) is 1. The lowest BCUT2D eigenvalue weighted by molar-refractivity contribution is 0.356. The SMILES string of the molecule is c1cc2c(cc1CNCC1CCCCN1)CCO2. The van der Waals surface area contributed by atoms with Crippen molar-refractivity contribution in [1.82, 2.24) is 10.6 Å². The van der Waals surface area contributed by atoms with Crippen LogP contribution in [0.4, 0.5) is 0 Å². The molecule has 0 aliphatic carbocycles. The van der Waals surface area contributed by atoms with Crippen LogP contribution in [-0.2, 0) is 13.0 Å². The first-order valence-electron chi connectivity index (χ1n) is 7.10. The molecule has 0 saturated carbocycles. The van der Waals surface area contributed by atoms with E-state index in [-0.39, 0.29) is 0 Å². The Morgan fingerprint density at radius 3 is 3.22 bits per heavy atom. The molecular formula is C15H22N2O. The first-order chi connectivity index (χ1) is 8.92. The van der Waals surface area contributed by atoms with E-state index < -0.39 is 0 Å². The zero-order chi connectivity index (χ0) is 12.2. The number of fused-ring (bicyclic) bond motifs is 1. The van der Waals surface area contributed by atoms with E-state index in [2.05, 4.69) is 28.8 Å². The highest BCUT2D eigenvalue weighted by Crippen LogP contribution is 2.25. The average molecular weight is 246 g/mol. The van der Waals surface area contributed by atoms with Gasteiger partial charge in [0.2, 0.25) is 0 Å². The summed E-state index contributed by atoms with van der Waals surface area (Å²) >= 11 is 0. The van der Waals surface area contributed by atoms with Gasteiger partial charge in [0.05, 0.1) is 6.61 Å². The summed E-state index contributed by atoms with van der Waals surface area (Å²) in [6, 6.07) is 7.23. The van der Waals surface area contributed by atoms with E-state index >= 15 is 0 Å². The molecule has 2 heterocycles. The molecule has 1 atom stereocenters. The van der Waals surface area contributed by atoms with Crippen molar-refractivity contribution in [2.45, 2.75) is 38.3 Å². The molecule has 0 amide bonds. The van der Waals surface area contributed by atoms with Crippen LogP contribution < -0.4 is 15.4 Å². The zero-order valence-corrected chi connectivity index (χ0v) is 10.9. The molecule has 1 saturated heterocycles. The zero-order valence-electron chi connectivity index (χ0n) is 10.9. The Kier molecular flexibility index (Phi) is 3.81. The van der Waals surface area contributed by atoms with Crippen LogP contribution in [0.3, 0.4) is 0 Å². The van der Waals surface area contributed by atoms with Gasteiger partial charge in [0.25, 0.3) is 0 Å². The van der Waals surface area contributed by atoms with Gasteiger partial charge in [-0.3, -0.25) is 0 Å². The van der Waals surface area contributed by atoms with Crippen molar-refractivity contribution in [1.29, 1.82) is 0 Å². The molecule has 1 fully saturated rings. The molecule has 1 unspecified atom stereocenters. The molecule has 2 aliphatic rings. The van der Waals surface area contributed by atoms with E-state index in [1.54, 1.807) is 0 Å². The van der Waals surface area contributed by atoms with E-state index in [1.165, 1.54) is 36.9 Å². The van der Waals surface area contributed by atoms with E-state index in [0.717, 1.165) is 31.9 Å². The number of hydrogen-bond donors (Lipinski definition) is 2. The predicted octanol–water partition coefficient (Wildman–Crippen LogP) is 1.85. The van der Waals surface area contributed by atoms with Crippen LogP contribution in [0.2, 0.25) is 0 Å². The minimum Gasteiger partial charge on any atom is -0.493 e. The monoisotopic (exact) mass is 246 g/mol. The molecule has 0 spiro atoms. The van der Waals surface area contributed by atoms with Gasteiger partial charge in [0.15, 0.2) is 0 Å². The van der Waals surface area contributed by atoms with Crippen molar-refractivity contribution in [2.24, 2.45) is 0 Å². The smallest absolute Gasteiger partial charge is 0.122 e. The van der Waals surface area contributed by atoms with E-state index in [0.29, 0.717) is 6.04 Å². The van der Waals surface area contributed by atoms with Crippen molar-refractivity contribution in [3.8, 4) is 5.75 Å². The highest BCUT2D eigenvalue weighted by molar-refractivity contribution is 5.39. The summed E-state index contributed by atoms with van der Waals surface area (Å²) in [5.74, 6) is 1.08. The fourth-order valence-electron chi connectivity index (χ4n) is 2.84. The average Bonchev–Trinajstić information content (AvgIpc) is 2.87. The van der Waals surface area contributed by atoms with Crippen LogP contribution >= 0.6 is 0 Å². The van der Waals surface area contributed by atoms with Gasteiger partial charge in [-0.05, 0) is 36.6 Å². The molecule has 1 aromatic rings. The third-order valence-electron chi connectivity index (χ3n) is 3.89. The minimum atomic E-state index is 0.663. The van der Waals surface area contributed by atoms with Crippen LogP contribution in [0, 0.1) is 0 Å². The van der Waals surface area contributed by atoms with Crippen LogP contribution in [0.5, 0.6) is 5.75 Å². The molecule has 1 aromatic carbocycles. The third kappa shape index (κ3) is 2.85. The second kappa shape index (κ2) is 5.72. The van der Waals surface area contributed by atoms with Gasteiger partial charge in [-0.1, -0.05) is 18.6 Å². The van der Waals surface area contributed by atoms with Crippen molar-refractivity contribution in [3.05, 3.63) is 29.3 Å². The summed E-state index contributed by atoms with van der Waals surface area (Å²) < 4.78 is 5.52. The minimum absolute atomic E-state index is 0.663. The Morgan fingerprint density at radius 1 is 1.33 bits per heavy atom. The van der Waals surface area contributed by atoms with Crippen molar-refractivity contribution in [2.75, 3.05) is 19.7 Å². The maximum atomic E-state index is 5.52. The van der Waals surface area contributed by atoms with Gasteiger partial charge in [-0.2, -0.15) is 0 Å². The van der Waals surface area contributed by atoms with Crippen LogP contribution in [0.15, 0.2) is 18.2 Å². The molecule has 3 rings (SSSR count). The van der Waals surface area contributed by atoms with Crippen LogP contribution in [-0.4, -0.2) is 25.7 Å². The number of hydrogen-bond acceptors (Lipinski definition) is 3. The van der Waals surface area contributed by atoms with Gasteiger partial charge in [-0.15, -0.1) is 0 Å². The molecule has 0 aromatic heterocycles. The molecule has 18 heavy (non-hydrogen) atoms. The summed E-state index contributed by atoms with van der Waals surface area (Å²) in [6.45, 7) is 4.07. The van der Waals surface area contributed by atoms with E-state index in [9.17, 15) is 0 Å². The number of benzene rings is 1. The summed E-state index contributed by atoms with van der Waals surface area (Å²) in [5, 5.41) is 7.12. The van der Waals surface area contributed by atoms with Gasteiger partial charge >= 0.3 is 0 Å². The Hall–Kier alpha value is -1.06. The molecule has 0 bridgehead atoms. The molecule has 2 aliphatic heterocycles. The van der Waals surface area contributed by atoms with Gasteiger partial charge in [0, 0.05) is 25.6 Å². The van der Waals surface area contributed by atoms with E-state index in [1.807, 2.05) is 0 Å². The van der Waals surface area contributed by atoms with Crippen LogP contribution in [0.25, 0.3) is 0 Å². The molecule has 0 radical (unpaired) electrons. The molecular weight excluding hydrogens is 224 g/mol. The first kappa shape index (κ1) is 12.0. The maximum absolute atomic E-state index is 5.52. The second-order valence-electron chi connectivity index (χ2n) is 5.32. The highest BCUT2D eigenvalue weighted by atomic mass is 16.5. The Morgan fingerprint density at radius 2 is 2.33 bits per heavy atom. The normalized spacial score (nSPS) is 22.6. The Bertz CT molecular complexity index is 399. The lowest BCUT2D eigenvalue weighted by Gasteiger charge is -2.23. The van der Waals surface area contributed by atoms with Crippen molar-refractivity contribution < 1.29 is 4.74 Å². The van der Waals surface area contributed by atoms with Crippen LogP contribution in [0.1, 0.15) is 30.4 Å². The second-order valence-corrected chi connectivity index (χ2v) is 5.32. The highest BCUT2D eigenvalue weighted by Gasteiger charge is 2.13. The quantitative estimate of drug-likeness (QED) is 0.850. The number of piperidine rings is 1. The fourth-order valence-corrected chi connectivity index (χ4v) is 2.84. The molecule has 2 N–H and O–H groups in total. The fraction of sp³-hybridized carbons (Fsp3) is 0.600. The third-order valence-corrected chi connectivity index (χ3v) is 3.89. The Balaban J connectivity index is 1.48. The molecule has 3 nitrogen and oxygen atoms in total. The number of rotatable bonds is 4. The van der Waals surface area contributed by atoms with Gasteiger partial charge in [0.1, 0.15) is 5.75 Å². The van der Waals surface area contributed by atoms with Crippen molar-refractivity contribution in [3.63, 3.8) is 0 Å².